The lowest BCUT2D eigenvalue weighted by Crippen LogP contribution is -1.96. The van der Waals surface area contributed by atoms with Gasteiger partial charge in [-0.15, -0.1) is 0 Å². The second kappa shape index (κ2) is 4.28. The summed E-state index contributed by atoms with van der Waals surface area (Å²) >= 11 is 5.80. The quantitative estimate of drug-likeness (QED) is 0.699. The number of carbonyl (C=O) groups excluding carboxylic acids is 1. The highest BCUT2D eigenvalue weighted by Crippen LogP contribution is 2.26. The third-order valence-corrected chi connectivity index (χ3v) is 2.13. The van der Waals surface area contributed by atoms with E-state index in [1.165, 1.54) is 0 Å². The normalized spacial score (nSPS) is 9.77. The Hall–Kier alpha value is -1.02. The number of rotatable bonds is 3. The largest absolute Gasteiger partial charge is 0.496 e. The van der Waals surface area contributed by atoms with Gasteiger partial charge < -0.3 is 4.74 Å². The zero-order valence-corrected chi connectivity index (χ0v) is 8.39. The summed E-state index contributed by atoms with van der Waals surface area (Å²) in [5.74, 6) is 0.678. The van der Waals surface area contributed by atoms with Gasteiger partial charge in [0.25, 0.3) is 0 Å². The van der Waals surface area contributed by atoms with Crippen LogP contribution in [0.1, 0.15) is 22.8 Å². The molecule has 0 saturated heterocycles. The van der Waals surface area contributed by atoms with E-state index in [0.29, 0.717) is 16.3 Å². The van der Waals surface area contributed by atoms with Crippen molar-refractivity contribution >= 4 is 17.9 Å². The Morgan fingerprint density at radius 1 is 1.54 bits per heavy atom. The van der Waals surface area contributed by atoms with E-state index in [1.54, 1.807) is 19.2 Å². The SMILES string of the molecule is CCc1c(C=O)cc(Cl)cc1OC. The molecule has 0 unspecified atom stereocenters. The molecule has 0 atom stereocenters. The van der Waals surface area contributed by atoms with Crippen LogP contribution in [0.3, 0.4) is 0 Å². The van der Waals surface area contributed by atoms with Crippen LogP contribution < -0.4 is 4.74 Å². The first kappa shape index (κ1) is 10.1. The smallest absolute Gasteiger partial charge is 0.150 e. The summed E-state index contributed by atoms with van der Waals surface area (Å²) in [6.45, 7) is 1.97. The average molecular weight is 199 g/mol. The summed E-state index contributed by atoms with van der Waals surface area (Å²) in [6.07, 6.45) is 1.56. The lowest BCUT2D eigenvalue weighted by atomic mass is 10.1. The Bertz CT molecular complexity index is 321. The fraction of sp³-hybridized carbons (Fsp3) is 0.300. The molecule has 0 aliphatic rings. The van der Waals surface area contributed by atoms with E-state index in [4.69, 9.17) is 16.3 Å². The van der Waals surface area contributed by atoms with Gasteiger partial charge >= 0.3 is 0 Å². The molecule has 1 aromatic rings. The van der Waals surface area contributed by atoms with Crippen LogP contribution in [0.2, 0.25) is 5.02 Å². The minimum absolute atomic E-state index is 0.524. The lowest BCUT2D eigenvalue weighted by molar-refractivity contribution is 0.112. The molecule has 0 fully saturated rings. The highest BCUT2D eigenvalue weighted by Gasteiger charge is 2.08. The van der Waals surface area contributed by atoms with Gasteiger partial charge in [-0.25, -0.2) is 0 Å². The molecule has 0 aliphatic heterocycles. The van der Waals surface area contributed by atoms with Crippen LogP contribution in [0, 0.1) is 0 Å². The maximum absolute atomic E-state index is 10.7. The third kappa shape index (κ3) is 2.01. The molecule has 0 heterocycles. The van der Waals surface area contributed by atoms with Crippen LogP contribution in [0.5, 0.6) is 5.75 Å². The molecule has 70 valence electrons. The van der Waals surface area contributed by atoms with E-state index in [9.17, 15) is 4.79 Å². The maximum Gasteiger partial charge on any atom is 0.150 e. The number of aldehydes is 1. The number of hydrogen-bond donors (Lipinski definition) is 0. The molecule has 1 rings (SSSR count). The molecule has 0 saturated carbocycles. The highest BCUT2D eigenvalue weighted by molar-refractivity contribution is 6.31. The standard InChI is InChI=1S/C10H11ClO2/c1-3-9-7(6-12)4-8(11)5-10(9)13-2/h4-6H,3H2,1-2H3. The fourth-order valence-electron chi connectivity index (χ4n) is 1.30. The van der Waals surface area contributed by atoms with Gasteiger partial charge in [-0.05, 0) is 18.6 Å². The predicted octanol–water partition coefficient (Wildman–Crippen LogP) is 2.72. The molecule has 3 heteroatoms. The third-order valence-electron chi connectivity index (χ3n) is 1.91. The zero-order chi connectivity index (χ0) is 9.84. The highest BCUT2D eigenvalue weighted by atomic mass is 35.5. The number of carbonyl (C=O) groups is 1. The van der Waals surface area contributed by atoms with Gasteiger partial charge in [0, 0.05) is 16.1 Å². The van der Waals surface area contributed by atoms with Crippen molar-refractivity contribution in [3.05, 3.63) is 28.3 Å². The first-order chi connectivity index (χ1) is 6.22. The van der Waals surface area contributed by atoms with Gasteiger partial charge in [0.2, 0.25) is 0 Å². The number of methoxy groups -OCH3 is 1. The molecule has 0 aliphatic carbocycles. The van der Waals surface area contributed by atoms with Crippen molar-refractivity contribution < 1.29 is 9.53 Å². The average Bonchev–Trinajstić information content (AvgIpc) is 2.16. The van der Waals surface area contributed by atoms with Gasteiger partial charge in [-0.2, -0.15) is 0 Å². The molecule has 0 radical (unpaired) electrons. The molecule has 1 aromatic carbocycles. The first-order valence-electron chi connectivity index (χ1n) is 4.04. The summed E-state index contributed by atoms with van der Waals surface area (Å²) < 4.78 is 5.12. The van der Waals surface area contributed by atoms with Crippen LogP contribution in [0.25, 0.3) is 0 Å². The van der Waals surface area contributed by atoms with Crippen molar-refractivity contribution in [3.8, 4) is 5.75 Å². The summed E-state index contributed by atoms with van der Waals surface area (Å²) in [7, 11) is 1.57. The van der Waals surface area contributed by atoms with Crippen LogP contribution >= 0.6 is 11.6 Å². The monoisotopic (exact) mass is 198 g/mol. The van der Waals surface area contributed by atoms with Crippen LogP contribution in [0.4, 0.5) is 0 Å². The summed E-state index contributed by atoms with van der Waals surface area (Å²) in [5.41, 5.74) is 1.51. The van der Waals surface area contributed by atoms with E-state index < -0.39 is 0 Å². The Morgan fingerprint density at radius 3 is 2.69 bits per heavy atom. The Kier molecular flexibility index (Phi) is 3.32. The topological polar surface area (TPSA) is 26.3 Å². The van der Waals surface area contributed by atoms with E-state index in [2.05, 4.69) is 0 Å². The Balaban J connectivity index is 3.33. The first-order valence-corrected chi connectivity index (χ1v) is 4.42. The number of hydrogen-bond acceptors (Lipinski definition) is 2. The molecule has 0 bridgehead atoms. The summed E-state index contributed by atoms with van der Waals surface area (Å²) in [4.78, 5) is 10.7. The van der Waals surface area contributed by atoms with Crippen LogP contribution in [-0.2, 0) is 6.42 Å². The lowest BCUT2D eigenvalue weighted by Gasteiger charge is -2.09. The number of halogens is 1. The number of benzene rings is 1. The summed E-state index contributed by atoms with van der Waals surface area (Å²) in [6, 6.07) is 3.36. The maximum atomic E-state index is 10.7. The molecule has 0 aromatic heterocycles. The van der Waals surface area contributed by atoms with Crippen LogP contribution in [0.15, 0.2) is 12.1 Å². The van der Waals surface area contributed by atoms with Gasteiger partial charge in [0.15, 0.2) is 6.29 Å². The second-order valence-corrected chi connectivity index (χ2v) is 3.08. The van der Waals surface area contributed by atoms with Crippen molar-refractivity contribution in [2.45, 2.75) is 13.3 Å². The minimum Gasteiger partial charge on any atom is -0.496 e. The van der Waals surface area contributed by atoms with E-state index in [0.717, 1.165) is 18.3 Å². The van der Waals surface area contributed by atoms with Crippen molar-refractivity contribution in [3.63, 3.8) is 0 Å². The number of ether oxygens (including phenoxy) is 1. The van der Waals surface area contributed by atoms with Crippen LogP contribution in [-0.4, -0.2) is 13.4 Å². The van der Waals surface area contributed by atoms with E-state index in [-0.39, 0.29) is 0 Å². The molecule has 0 spiro atoms. The summed E-state index contributed by atoms with van der Waals surface area (Å²) in [5, 5.41) is 0.524. The van der Waals surface area contributed by atoms with E-state index >= 15 is 0 Å². The molecular weight excluding hydrogens is 188 g/mol. The molecular formula is C10H11ClO2. The zero-order valence-electron chi connectivity index (χ0n) is 7.63. The Morgan fingerprint density at radius 2 is 2.23 bits per heavy atom. The van der Waals surface area contributed by atoms with Crippen molar-refractivity contribution in [2.24, 2.45) is 0 Å². The van der Waals surface area contributed by atoms with Crippen molar-refractivity contribution in [1.82, 2.24) is 0 Å². The second-order valence-electron chi connectivity index (χ2n) is 2.65. The van der Waals surface area contributed by atoms with Crippen molar-refractivity contribution in [1.29, 1.82) is 0 Å². The molecule has 0 N–H and O–H groups in total. The fourth-order valence-corrected chi connectivity index (χ4v) is 1.51. The van der Waals surface area contributed by atoms with E-state index in [1.807, 2.05) is 6.92 Å². The Labute approximate surface area is 82.5 Å². The van der Waals surface area contributed by atoms with Gasteiger partial charge in [0.05, 0.1) is 7.11 Å². The molecule has 13 heavy (non-hydrogen) atoms. The van der Waals surface area contributed by atoms with Gasteiger partial charge in [-0.3, -0.25) is 4.79 Å². The predicted molar refractivity (Wildman–Crippen MR) is 52.8 cm³/mol. The minimum atomic E-state index is 0.524. The molecule has 0 amide bonds. The van der Waals surface area contributed by atoms with Gasteiger partial charge in [0.1, 0.15) is 5.75 Å². The molecule has 2 nitrogen and oxygen atoms in total. The van der Waals surface area contributed by atoms with Crippen molar-refractivity contribution in [2.75, 3.05) is 7.11 Å². The van der Waals surface area contributed by atoms with Gasteiger partial charge in [-0.1, -0.05) is 18.5 Å².